The first kappa shape index (κ1) is 17.2. The maximum Gasteiger partial charge on any atom is 0.251 e. The standard InChI is InChI=1S/C19H24N4O2/c1-14-5-7-16(8-6-14)19(24)20-9-12-25-18-13-17(21-15(2)22-18)23-10-3-4-11-23/h5-8,13H,3-4,9-12H2,1-2H3,(H,20,24). The van der Waals surface area contributed by atoms with Gasteiger partial charge < -0.3 is 15.0 Å². The number of benzene rings is 1. The third-order valence-corrected chi connectivity index (χ3v) is 4.18. The Morgan fingerprint density at radius 2 is 1.88 bits per heavy atom. The van der Waals surface area contributed by atoms with Gasteiger partial charge in [0, 0.05) is 24.7 Å². The smallest absolute Gasteiger partial charge is 0.251 e. The van der Waals surface area contributed by atoms with Crippen LogP contribution in [0, 0.1) is 13.8 Å². The van der Waals surface area contributed by atoms with Gasteiger partial charge in [-0.3, -0.25) is 4.79 Å². The maximum atomic E-state index is 12.1. The summed E-state index contributed by atoms with van der Waals surface area (Å²) in [7, 11) is 0. The van der Waals surface area contributed by atoms with E-state index in [0.29, 0.717) is 30.4 Å². The van der Waals surface area contributed by atoms with Crippen molar-refractivity contribution >= 4 is 11.7 Å². The third kappa shape index (κ3) is 4.68. The summed E-state index contributed by atoms with van der Waals surface area (Å²) in [6.45, 7) is 6.72. The topological polar surface area (TPSA) is 67.3 Å². The van der Waals surface area contributed by atoms with Crippen molar-refractivity contribution in [1.29, 1.82) is 0 Å². The number of nitrogens with one attached hydrogen (secondary N) is 1. The summed E-state index contributed by atoms with van der Waals surface area (Å²) >= 11 is 0. The second-order valence-corrected chi connectivity index (χ2v) is 6.28. The Morgan fingerprint density at radius 3 is 2.60 bits per heavy atom. The number of carbonyl (C=O) groups is 1. The van der Waals surface area contributed by atoms with Crippen LogP contribution in [0.15, 0.2) is 30.3 Å². The fourth-order valence-electron chi connectivity index (χ4n) is 2.83. The van der Waals surface area contributed by atoms with Gasteiger partial charge in [-0.25, -0.2) is 4.98 Å². The molecule has 0 aliphatic carbocycles. The lowest BCUT2D eigenvalue weighted by Crippen LogP contribution is -2.28. The quantitative estimate of drug-likeness (QED) is 0.819. The largest absolute Gasteiger partial charge is 0.476 e. The molecule has 6 nitrogen and oxygen atoms in total. The molecule has 1 fully saturated rings. The second kappa shape index (κ2) is 7.96. The zero-order valence-corrected chi connectivity index (χ0v) is 14.8. The molecule has 0 spiro atoms. The number of rotatable bonds is 6. The second-order valence-electron chi connectivity index (χ2n) is 6.28. The van der Waals surface area contributed by atoms with Crippen molar-refractivity contribution in [3.05, 3.63) is 47.3 Å². The molecule has 0 saturated carbocycles. The van der Waals surface area contributed by atoms with E-state index >= 15 is 0 Å². The molecule has 1 saturated heterocycles. The van der Waals surface area contributed by atoms with Gasteiger partial charge >= 0.3 is 0 Å². The van der Waals surface area contributed by atoms with Crippen LogP contribution >= 0.6 is 0 Å². The van der Waals surface area contributed by atoms with Crippen molar-refractivity contribution in [1.82, 2.24) is 15.3 Å². The van der Waals surface area contributed by atoms with E-state index in [1.165, 1.54) is 12.8 Å². The number of aromatic nitrogens is 2. The van der Waals surface area contributed by atoms with Gasteiger partial charge in [-0.1, -0.05) is 17.7 Å². The Bertz CT molecular complexity index is 725. The van der Waals surface area contributed by atoms with Gasteiger partial charge in [0.25, 0.3) is 5.91 Å². The molecule has 1 aliphatic heterocycles. The monoisotopic (exact) mass is 340 g/mol. The highest BCUT2D eigenvalue weighted by molar-refractivity contribution is 5.94. The maximum absolute atomic E-state index is 12.1. The summed E-state index contributed by atoms with van der Waals surface area (Å²) in [5.41, 5.74) is 1.78. The Morgan fingerprint density at radius 1 is 1.16 bits per heavy atom. The lowest BCUT2D eigenvalue weighted by molar-refractivity contribution is 0.0946. The van der Waals surface area contributed by atoms with E-state index < -0.39 is 0 Å². The van der Waals surface area contributed by atoms with E-state index in [1.54, 1.807) is 0 Å². The normalized spacial score (nSPS) is 13.8. The van der Waals surface area contributed by atoms with Crippen molar-refractivity contribution in [3.63, 3.8) is 0 Å². The molecule has 132 valence electrons. The van der Waals surface area contributed by atoms with E-state index in [1.807, 2.05) is 44.2 Å². The van der Waals surface area contributed by atoms with E-state index in [2.05, 4.69) is 20.2 Å². The molecule has 1 aromatic carbocycles. The van der Waals surface area contributed by atoms with Crippen LogP contribution in [-0.4, -0.2) is 42.1 Å². The molecule has 1 N–H and O–H groups in total. The van der Waals surface area contributed by atoms with Gasteiger partial charge in [0.1, 0.15) is 18.2 Å². The number of ether oxygens (including phenoxy) is 1. The lowest BCUT2D eigenvalue weighted by Gasteiger charge is -2.17. The zero-order chi connectivity index (χ0) is 17.6. The first-order valence-corrected chi connectivity index (χ1v) is 8.70. The van der Waals surface area contributed by atoms with Crippen LogP contribution in [-0.2, 0) is 0 Å². The van der Waals surface area contributed by atoms with Crippen LogP contribution in [0.2, 0.25) is 0 Å². The highest BCUT2D eigenvalue weighted by atomic mass is 16.5. The number of amides is 1. The van der Waals surface area contributed by atoms with Gasteiger partial charge in [0.15, 0.2) is 0 Å². The van der Waals surface area contributed by atoms with Crippen LogP contribution in [0.1, 0.15) is 34.6 Å². The third-order valence-electron chi connectivity index (χ3n) is 4.18. The number of hydrogen-bond donors (Lipinski definition) is 1. The highest BCUT2D eigenvalue weighted by Crippen LogP contribution is 2.21. The molecule has 0 atom stereocenters. The van der Waals surface area contributed by atoms with Crippen LogP contribution in [0.25, 0.3) is 0 Å². The first-order valence-electron chi connectivity index (χ1n) is 8.70. The number of aryl methyl sites for hydroxylation is 2. The summed E-state index contributed by atoms with van der Waals surface area (Å²) in [5.74, 6) is 2.07. The zero-order valence-electron chi connectivity index (χ0n) is 14.8. The average Bonchev–Trinajstić information content (AvgIpc) is 3.13. The van der Waals surface area contributed by atoms with Gasteiger partial charge in [-0.05, 0) is 38.8 Å². The Balaban J connectivity index is 1.50. The molecule has 1 amide bonds. The molecule has 0 radical (unpaired) electrons. The molecule has 1 aromatic heterocycles. The molecule has 0 bridgehead atoms. The minimum atomic E-state index is -0.0970. The summed E-state index contributed by atoms with van der Waals surface area (Å²) in [4.78, 5) is 23.1. The molecule has 6 heteroatoms. The Labute approximate surface area is 148 Å². The number of hydrogen-bond acceptors (Lipinski definition) is 5. The van der Waals surface area contributed by atoms with Crippen LogP contribution in [0.3, 0.4) is 0 Å². The van der Waals surface area contributed by atoms with Crippen LogP contribution < -0.4 is 15.0 Å². The summed E-state index contributed by atoms with van der Waals surface area (Å²) in [6, 6.07) is 9.37. The highest BCUT2D eigenvalue weighted by Gasteiger charge is 2.15. The Hall–Kier alpha value is -2.63. The van der Waals surface area contributed by atoms with Gasteiger partial charge in [-0.2, -0.15) is 4.98 Å². The molecular weight excluding hydrogens is 316 g/mol. The molecule has 2 aromatic rings. The predicted octanol–water partition coefficient (Wildman–Crippen LogP) is 2.50. The van der Waals surface area contributed by atoms with Crippen molar-refractivity contribution in [2.45, 2.75) is 26.7 Å². The fraction of sp³-hybridized carbons (Fsp3) is 0.421. The van der Waals surface area contributed by atoms with Gasteiger partial charge in [0.05, 0.1) is 6.54 Å². The van der Waals surface area contributed by atoms with E-state index in [0.717, 1.165) is 24.5 Å². The SMILES string of the molecule is Cc1ccc(C(=O)NCCOc2cc(N3CCCC3)nc(C)n2)cc1. The van der Waals surface area contributed by atoms with Crippen molar-refractivity contribution in [2.75, 3.05) is 31.1 Å². The van der Waals surface area contributed by atoms with Crippen molar-refractivity contribution in [3.8, 4) is 5.88 Å². The first-order chi connectivity index (χ1) is 12.1. The summed E-state index contributed by atoms with van der Waals surface area (Å²) in [6.07, 6.45) is 2.40. The minimum absolute atomic E-state index is 0.0970. The number of anilines is 1. The summed E-state index contributed by atoms with van der Waals surface area (Å²) in [5, 5.41) is 2.86. The molecular formula is C19H24N4O2. The lowest BCUT2D eigenvalue weighted by atomic mass is 10.1. The molecule has 3 rings (SSSR count). The van der Waals surface area contributed by atoms with Crippen LogP contribution in [0.5, 0.6) is 5.88 Å². The van der Waals surface area contributed by atoms with E-state index in [4.69, 9.17) is 4.74 Å². The molecule has 2 heterocycles. The van der Waals surface area contributed by atoms with E-state index in [-0.39, 0.29) is 5.91 Å². The predicted molar refractivity (Wildman–Crippen MR) is 97.2 cm³/mol. The fourth-order valence-corrected chi connectivity index (χ4v) is 2.83. The number of nitrogens with zero attached hydrogens (tertiary/aromatic N) is 3. The molecule has 1 aliphatic rings. The minimum Gasteiger partial charge on any atom is -0.476 e. The molecule has 0 unspecified atom stereocenters. The number of carbonyl (C=O) groups excluding carboxylic acids is 1. The summed E-state index contributed by atoms with van der Waals surface area (Å²) < 4.78 is 5.70. The average molecular weight is 340 g/mol. The van der Waals surface area contributed by atoms with Gasteiger partial charge in [-0.15, -0.1) is 0 Å². The van der Waals surface area contributed by atoms with Crippen LogP contribution in [0.4, 0.5) is 5.82 Å². The molecule has 25 heavy (non-hydrogen) atoms. The van der Waals surface area contributed by atoms with Crippen molar-refractivity contribution in [2.24, 2.45) is 0 Å². The van der Waals surface area contributed by atoms with Crippen molar-refractivity contribution < 1.29 is 9.53 Å². The van der Waals surface area contributed by atoms with Gasteiger partial charge in [0.2, 0.25) is 5.88 Å². The Kier molecular flexibility index (Phi) is 5.48. The van der Waals surface area contributed by atoms with E-state index in [9.17, 15) is 4.79 Å².